The molecule has 2 heterocycles. The number of hydrogen-bond donors (Lipinski definition) is 1. The van der Waals surface area contributed by atoms with Crippen molar-refractivity contribution in [2.24, 2.45) is 0 Å². The number of anilines is 2. The van der Waals surface area contributed by atoms with Crippen molar-refractivity contribution in [1.29, 1.82) is 0 Å². The summed E-state index contributed by atoms with van der Waals surface area (Å²) in [6, 6.07) is 14.0. The third-order valence-electron chi connectivity index (χ3n) is 5.61. The van der Waals surface area contributed by atoms with Crippen LogP contribution in [0, 0.1) is 10.1 Å². The SMILES string of the molecule is C[NH+]1CCN(c2ccc([N+](=O)[O-])c(N3CCc4ccccc4C3)c2)CC1. The van der Waals surface area contributed by atoms with Crippen LogP contribution in [0.5, 0.6) is 0 Å². The van der Waals surface area contributed by atoms with Gasteiger partial charge in [0.1, 0.15) is 5.69 Å². The summed E-state index contributed by atoms with van der Waals surface area (Å²) in [4.78, 5) is 17.4. The zero-order chi connectivity index (χ0) is 18.1. The Morgan fingerprint density at radius 3 is 2.46 bits per heavy atom. The predicted octanol–water partition coefficient (Wildman–Crippen LogP) is 1.49. The monoisotopic (exact) mass is 353 g/mol. The topological polar surface area (TPSA) is 54.1 Å². The highest BCUT2D eigenvalue weighted by molar-refractivity contribution is 5.71. The molecule has 1 N–H and O–H groups in total. The molecule has 2 aliphatic heterocycles. The van der Waals surface area contributed by atoms with E-state index in [-0.39, 0.29) is 10.6 Å². The van der Waals surface area contributed by atoms with Crippen LogP contribution in [0.3, 0.4) is 0 Å². The van der Waals surface area contributed by atoms with E-state index in [0.717, 1.165) is 57.1 Å². The van der Waals surface area contributed by atoms with E-state index in [0.29, 0.717) is 0 Å². The van der Waals surface area contributed by atoms with E-state index in [2.05, 4.69) is 35.0 Å². The summed E-state index contributed by atoms with van der Waals surface area (Å²) < 4.78 is 0. The summed E-state index contributed by atoms with van der Waals surface area (Å²) in [5, 5.41) is 11.6. The number of benzene rings is 2. The Morgan fingerprint density at radius 2 is 1.73 bits per heavy atom. The normalized spacial score (nSPS) is 17.9. The molecule has 2 aromatic rings. The van der Waals surface area contributed by atoms with Crippen LogP contribution in [0.15, 0.2) is 42.5 Å². The van der Waals surface area contributed by atoms with Gasteiger partial charge in [-0.15, -0.1) is 0 Å². The Bertz CT molecular complexity index is 815. The fourth-order valence-corrected chi connectivity index (χ4v) is 3.96. The van der Waals surface area contributed by atoms with Gasteiger partial charge in [-0.05, 0) is 29.7 Å². The van der Waals surface area contributed by atoms with Crippen molar-refractivity contribution in [2.75, 3.05) is 49.6 Å². The molecule has 0 atom stereocenters. The maximum Gasteiger partial charge on any atom is 0.292 e. The van der Waals surface area contributed by atoms with Crippen molar-refractivity contribution in [3.63, 3.8) is 0 Å². The standard InChI is InChI=1S/C20H24N4O2/c1-21-10-12-22(13-11-21)18-6-7-19(24(25)26)20(14-18)23-9-8-16-4-2-3-5-17(16)15-23/h2-7,14H,8-13,15H2,1H3/p+1. The van der Waals surface area contributed by atoms with Crippen LogP contribution in [0.4, 0.5) is 17.1 Å². The molecule has 0 radical (unpaired) electrons. The molecule has 136 valence electrons. The quantitative estimate of drug-likeness (QED) is 0.671. The molecular weight excluding hydrogens is 328 g/mol. The zero-order valence-corrected chi connectivity index (χ0v) is 15.1. The summed E-state index contributed by atoms with van der Waals surface area (Å²) in [6.07, 6.45) is 0.926. The van der Waals surface area contributed by atoms with Crippen LogP contribution >= 0.6 is 0 Å². The van der Waals surface area contributed by atoms with E-state index >= 15 is 0 Å². The summed E-state index contributed by atoms with van der Waals surface area (Å²) in [7, 11) is 2.21. The van der Waals surface area contributed by atoms with Crippen LogP contribution < -0.4 is 14.7 Å². The minimum atomic E-state index is -0.256. The third-order valence-corrected chi connectivity index (χ3v) is 5.61. The molecule has 0 spiro atoms. The minimum Gasteiger partial charge on any atom is -0.361 e. The maximum atomic E-state index is 11.6. The predicted molar refractivity (Wildman–Crippen MR) is 103 cm³/mol. The van der Waals surface area contributed by atoms with Crippen LogP contribution in [-0.4, -0.2) is 44.7 Å². The van der Waals surface area contributed by atoms with Crippen molar-refractivity contribution in [2.45, 2.75) is 13.0 Å². The second-order valence-electron chi connectivity index (χ2n) is 7.31. The lowest BCUT2D eigenvalue weighted by Gasteiger charge is -2.34. The highest BCUT2D eigenvalue weighted by Gasteiger charge is 2.25. The molecule has 0 amide bonds. The number of quaternary nitrogens is 1. The molecule has 2 aromatic carbocycles. The van der Waals surface area contributed by atoms with Crippen molar-refractivity contribution in [1.82, 2.24) is 0 Å². The van der Waals surface area contributed by atoms with E-state index in [1.807, 2.05) is 18.2 Å². The zero-order valence-electron chi connectivity index (χ0n) is 15.1. The molecular formula is C20H25N4O2+. The van der Waals surface area contributed by atoms with E-state index < -0.39 is 0 Å². The molecule has 1 fully saturated rings. The van der Waals surface area contributed by atoms with Gasteiger partial charge in [0, 0.05) is 24.8 Å². The molecule has 1 saturated heterocycles. The van der Waals surface area contributed by atoms with Gasteiger partial charge in [-0.2, -0.15) is 0 Å². The maximum absolute atomic E-state index is 11.6. The Balaban J connectivity index is 1.65. The van der Waals surface area contributed by atoms with Gasteiger partial charge in [0.2, 0.25) is 0 Å². The average molecular weight is 353 g/mol. The number of fused-ring (bicyclic) bond motifs is 1. The van der Waals surface area contributed by atoms with Gasteiger partial charge < -0.3 is 14.7 Å². The molecule has 26 heavy (non-hydrogen) atoms. The van der Waals surface area contributed by atoms with Gasteiger partial charge in [-0.1, -0.05) is 24.3 Å². The highest BCUT2D eigenvalue weighted by atomic mass is 16.6. The van der Waals surface area contributed by atoms with Crippen molar-refractivity contribution >= 4 is 17.1 Å². The summed E-state index contributed by atoms with van der Waals surface area (Å²) in [5.41, 5.74) is 4.66. The first kappa shape index (κ1) is 16.8. The smallest absolute Gasteiger partial charge is 0.292 e. The lowest BCUT2D eigenvalue weighted by Crippen LogP contribution is -3.12. The van der Waals surface area contributed by atoms with Crippen molar-refractivity contribution < 1.29 is 9.82 Å². The molecule has 0 aliphatic carbocycles. The van der Waals surface area contributed by atoms with Gasteiger partial charge >= 0.3 is 0 Å². The summed E-state index contributed by atoms with van der Waals surface area (Å²) in [5.74, 6) is 0. The first-order valence-corrected chi connectivity index (χ1v) is 9.28. The number of nitro benzene ring substituents is 1. The molecule has 0 saturated carbocycles. The number of nitro groups is 1. The minimum absolute atomic E-state index is 0.202. The fourth-order valence-electron chi connectivity index (χ4n) is 3.96. The van der Waals surface area contributed by atoms with Crippen LogP contribution in [0.2, 0.25) is 0 Å². The lowest BCUT2D eigenvalue weighted by atomic mass is 9.99. The average Bonchev–Trinajstić information content (AvgIpc) is 2.67. The largest absolute Gasteiger partial charge is 0.361 e. The number of piperazine rings is 1. The van der Waals surface area contributed by atoms with Gasteiger partial charge in [0.25, 0.3) is 5.69 Å². The van der Waals surface area contributed by atoms with E-state index in [9.17, 15) is 10.1 Å². The molecule has 0 aromatic heterocycles. The van der Waals surface area contributed by atoms with Crippen LogP contribution in [-0.2, 0) is 13.0 Å². The molecule has 2 aliphatic rings. The van der Waals surface area contributed by atoms with E-state index in [1.165, 1.54) is 16.0 Å². The first-order chi connectivity index (χ1) is 12.6. The first-order valence-electron chi connectivity index (χ1n) is 9.28. The Morgan fingerprint density at radius 1 is 1.00 bits per heavy atom. The number of hydrogen-bond acceptors (Lipinski definition) is 4. The number of nitrogens with zero attached hydrogens (tertiary/aromatic N) is 3. The molecule has 6 nitrogen and oxygen atoms in total. The number of rotatable bonds is 3. The summed E-state index contributed by atoms with van der Waals surface area (Å²) in [6.45, 7) is 5.73. The van der Waals surface area contributed by atoms with Crippen molar-refractivity contribution in [3.05, 3.63) is 63.7 Å². The Hall–Kier alpha value is -2.60. The van der Waals surface area contributed by atoms with Crippen LogP contribution in [0.25, 0.3) is 0 Å². The highest BCUT2D eigenvalue weighted by Crippen LogP contribution is 2.35. The number of likely N-dealkylation sites (N-methyl/N-ethyl adjacent to an activating group) is 1. The van der Waals surface area contributed by atoms with Crippen molar-refractivity contribution in [3.8, 4) is 0 Å². The molecule has 4 rings (SSSR count). The summed E-state index contributed by atoms with van der Waals surface area (Å²) >= 11 is 0. The van der Waals surface area contributed by atoms with Crippen LogP contribution in [0.1, 0.15) is 11.1 Å². The second-order valence-corrected chi connectivity index (χ2v) is 7.31. The molecule has 0 bridgehead atoms. The molecule has 6 heteroatoms. The van der Waals surface area contributed by atoms with E-state index in [1.54, 1.807) is 6.07 Å². The Labute approximate surface area is 153 Å². The fraction of sp³-hybridized carbons (Fsp3) is 0.400. The van der Waals surface area contributed by atoms with Gasteiger partial charge in [-0.25, -0.2) is 0 Å². The molecule has 0 unspecified atom stereocenters. The Kier molecular flexibility index (Phi) is 4.51. The van der Waals surface area contributed by atoms with Gasteiger partial charge in [-0.3, -0.25) is 10.1 Å². The third kappa shape index (κ3) is 3.24. The van der Waals surface area contributed by atoms with Gasteiger partial charge in [0.05, 0.1) is 38.2 Å². The van der Waals surface area contributed by atoms with E-state index in [4.69, 9.17) is 0 Å². The lowest BCUT2D eigenvalue weighted by molar-refractivity contribution is -0.880. The second kappa shape index (κ2) is 6.96. The van der Waals surface area contributed by atoms with Gasteiger partial charge in [0.15, 0.2) is 0 Å². The number of nitrogens with one attached hydrogen (secondary N) is 1.